The van der Waals surface area contributed by atoms with Crippen molar-refractivity contribution in [3.8, 4) is 5.75 Å². The van der Waals surface area contributed by atoms with Crippen molar-refractivity contribution in [3.05, 3.63) is 23.8 Å². The van der Waals surface area contributed by atoms with Gasteiger partial charge in [-0.1, -0.05) is 6.07 Å². The van der Waals surface area contributed by atoms with Crippen LogP contribution < -0.4 is 15.0 Å². The van der Waals surface area contributed by atoms with E-state index >= 15 is 0 Å². The molecule has 0 unspecified atom stereocenters. The van der Waals surface area contributed by atoms with Crippen LogP contribution in [0.15, 0.2) is 18.2 Å². The third-order valence-corrected chi connectivity index (χ3v) is 3.44. The van der Waals surface area contributed by atoms with Crippen LogP contribution in [-0.4, -0.2) is 39.0 Å². The maximum Gasteiger partial charge on any atom is 0.392 e. The van der Waals surface area contributed by atoms with Crippen LogP contribution in [0.2, 0.25) is 0 Å². The molecular formula is C15H21F3N2O. The van der Waals surface area contributed by atoms with E-state index in [2.05, 4.69) is 10.2 Å². The van der Waals surface area contributed by atoms with E-state index in [9.17, 15) is 13.2 Å². The molecular weight excluding hydrogens is 281 g/mol. The fourth-order valence-electron chi connectivity index (χ4n) is 2.36. The molecule has 0 aromatic heterocycles. The molecule has 1 aromatic rings. The summed E-state index contributed by atoms with van der Waals surface area (Å²) in [6, 6.07) is 5.61. The van der Waals surface area contributed by atoms with Crippen LogP contribution in [0.25, 0.3) is 0 Å². The Morgan fingerprint density at radius 2 is 2.05 bits per heavy atom. The van der Waals surface area contributed by atoms with Crippen LogP contribution in [0.5, 0.6) is 5.75 Å². The molecule has 21 heavy (non-hydrogen) atoms. The Morgan fingerprint density at radius 1 is 1.24 bits per heavy atom. The molecule has 2 rings (SSSR count). The highest BCUT2D eigenvalue weighted by atomic mass is 19.4. The number of ether oxygens (including phenoxy) is 1. The molecule has 1 saturated heterocycles. The molecule has 118 valence electrons. The van der Waals surface area contributed by atoms with Gasteiger partial charge in [0.05, 0.1) is 18.7 Å². The molecule has 0 amide bonds. The number of alkyl halides is 3. The predicted octanol–water partition coefficient (Wildman–Crippen LogP) is 3.13. The van der Waals surface area contributed by atoms with Gasteiger partial charge in [0, 0.05) is 19.6 Å². The normalized spacial score (nSPS) is 16.7. The van der Waals surface area contributed by atoms with Crippen molar-refractivity contribution >= 4 is 5.69 Å². The van der Waals surface area contributed by atoms with Crippen molar-refractivity contribution in [3.63, 3.8) is 0 Å². The molecule has 0 radical (unpaired) electrons. The minimum absolute atomic E-state index is 0.342. The topological polar surface area (TPSA) is 24.5 Å². The zero-order chi connectivity index (χ0) is 15.3. The first-order valence-electron chi connectivity index (χ1n) is 7.21. The lowest BCUT2D eigenvalue weighted by atomic mass is 10.2. The summed E-state index contributed by atoms with van der Waals surface area (Å²) in [4.78, 5) is 2.18. The van der Waals surface area contributed by atoms with Gasteiger partial charge in [-0.2, -0.15) is 13.2 Å². The number of rotatable bonds is 4. The molecule has 1 aliphatic heterocycles. The van der Waals surface area contributed by atoms with Crippen LogP contribution in [0, 0.1) is 6.92 Å². The first-order valence-corrected chi connectivity index (χ1v) is 7.21. The molecule has 0 bridgehead atoms. The summed E-state index contributed by atoms with van der Waals surface area (Å²) < 4.78 is 42.1. The molecule has 1 aromatic carbocycles. The van der Waals surface area contributed by atoms with Crippen molar-refractivity contribution in [1.82, 2.24) is 5.32 Å². The number of hydrogen-bond donors (Lipinski definition) is 1. The predicted molar refractivity (Wildman–Crippen MR) is 77.0 cm³/mol. The number of aryl methyl sites for hydroxylation is 1. The van der Waals surface area contributed by atoms with E-state index in [0.29, 0.717) is 5.75 Å². The standard InChI is InChI=1S/C15H21F3N2O/c1-12-3-4-14(21-10-5-15(16,17)18)13(11-12)20-8-2-6-19-7-9-20/h3-4,11,19H,2,5-10H2,1H3. The van der Waals surface area contributed by atoms with E-state index in [1.807, 2.05) is 19.1 Å². The van der Waals surface area contributed by atoms with Gasteiger partial charge in [0.25, 0.3) is 0 Å². The lowest BCUT2D eigenvalue weighted by Gasteiger charge is -2.25. The lowest BCUT2D eigenvalue weighted by Crippen LogP contribution is -2.28. The number of hydrogen-bond acceptors (Lipinski definition) is 3. The second-order valence-electron chi connectivity index (χ2n) is 5.28. The average molecular weight is 302 g/mol. The molecule has 6 heteroatoms. The van der Waals surface area contributed by atoms with Crippen LogP contribution in [0.4, 0.5) is 18.9 Å². The fraction of sp³-hybridized carbons (Fsp3) is 0.600. The first kappa shape index (κ1) is 15.9. The van der Waals surface area contributed by atoms with E-state index in [0.717, 1.165) is 43.9 Å². The van der Waals surface area contributed by atoms with Crippen molar-refractivity contribution in [2.24, 2.45) is 0 Å². The maximum absolute atomic E-state index is 12.2. The van der Waals surface area contributed by atoms with Gasteiger partial charge in [-0.3, -0.25) is 0 Å². The van der Waals surface area contributed by atoms with Crippen molar-refractivity contribution in [1.29, 1.82) is 0 Å². The molecule has 1 heterocycles. The summed E-state index contributed by atoms with van der Waals surface area (Å²) in [5.41, 5.74) is 1.96. The highest BCUT2D eigenvalue weighted by molar-refractivity contribution is 5.60. The van der Waals surface area contributed by atoms with Crippen LogP contribution in [0.1, 0.15) is 18.4 Å². The Bertz CT molecular complexity index is 455. The molecule has 1 N–H and O–H groups in total. The smallest absolute Gasteiger partial charge is 0.392 e. The number of nitrogens with zero attached hydrogens (tertiary/aromatic N) is 1. The van der Waals surface area contributed by atoms with Gasteiger partial charge >= 0.3 is 6.18 Å². The van der Waals surface area contributed by atoms with Crippen molar-refractivity contribution < 1.29 is 17.9 Å². The molecule has 1 fully saturated rings. The monoisotopic (exact) mass is 302 g/mol. The Balaban J connectivity index is 2.09. The Hall–Kier alpha value is -1.43. The zero-order valence-electron chi connectivity index (χ0n) is 12.2. The van der Waals surface area contributed by atoms with E-state index in [-0.39, 0.29) is 6.61 Å². The molecule has 0 atom stereocenters. The van der Waals surface area contributed by atoms with Gasteiger partial charge in [0.1, 0.15) is 5.75 Å². The van der Waals surface area contributed by atoms with Gasteiger partial charge in [-0.25, -0.2) is 0 Å². The number of halogens is 3. The highest BCUT2D eigenvalue weighted by Gasteiger charge is 2.27. The summed E-state index contributed by atoms with van der Waals surface area (Å²) in [5, 5.41) is 3.31. The summed E-state index contributed by atoms with van der Waals surface area (Å²) in [7, 11) is 0. The highest BCUT2D eigenvalue weighted by Crippen LogP contribution is 2.31. The average Bonchev–Trinajstić information content (AvgIpc) is 2.68. The number of nitrogens with one attached hydrogen (secondary N) is 1. The molecule has 0 spiro atoms. The third kappa shape index (κ3) is 5.12. The molecule has 0 saturated carbocycles. The second-order valence-corrected chi connectivity index (χ2v) is 5.28. The number of benzene rings is 1. The van der Waals surface area contributed by atoms with Crippen LogP contribution in [0.3, 0.4) is 0 Å². The van der Waals surface area contributed by atoms with E-state index in [1.54, 1.807) is 6.07 Å². The van der Waals surface area contributed by atoms with Crippen LogP contribution >= 0.6 is 0 Å². The summed E-state index contributed by atoms with van der Waals surface area (Å²) >= 11 is 0. The molecule has 0 aliphatic carbocycles. The van der Waals surface area contributed by atoms with Gasteiger partial charge in [0.15, 0.2) is 0 Å². The lowest BCUT2D eigenvalue weighted by molar-refractivity contribution is -0.139. The van der Waals surface area contributed by atoms with Gasteiger partial charge in [0.2, 0.25) is 0 Å². The third-order valence-electron chi connectivity index (χ3n) is 3.44. The van der Waals surface area contributed by atoms with E-state index in [4.69, 9.17) is 4.74 Å². The largest absolute Gasteiger partial charge is 0.491 e. The number of anilines is 1. The van der Waals surface area contributed by atoms with Crippen molar-refractivity contribution in [2.75, 3.05) is 37.7 Å². The first-order chi connectivity index (χ1) is 9.96. The fourth-order valence-corrected chi connectivity index (χ4v) is 2.36. The summed E-state index contributed by atoms with van der Waals surface area (Å²) in [6.45, 7) is 5.18. The minimum Gasteiger partial charge on any atom is -0.491 e. The van der Waals surface area contributed by atoms with Crippen LogP contribution in [-0.2, 0) is 0 Å². The Kier molecular flexibility index (Phi) is 5.33. The summed E-state index contributed by atoms with van der Waals surface area (Å²) in [6.07, 6.45) is -4.10. The Labute approximate surface area is 123 Å². The van der Waals surface area contributed by atoms with Gasteiger partial charge in [-0.15, -0.1) is 0 Å². The SMILES string of the molecule is Cc1ccc(OCCC(F)(F)F)c(N2CCCNCC2)c1. The van der Waals surface area contributed by atoms with E-state index < -0.39 is 12.6 Å². The molecule has 3 nitrogen and oxygen atoms in total. The van der Waals surface area contributed by atoms with Crippen molar-refractivity contribution in [2.45, 2.75) is 25.9 Å². The minimum atomic E-state index is -4.18. The zero-order valence-corrected chi connectivity index (χ0v) is 12.2. The van der Waals surface area contributed by atoms with E-state index in [1.165, 1.54) is 0 Å². The Morgan fingerprint density at radius 3 is 2.81 bits per heavy atom. The maximum atomic E-state index is 12.2. The molecule has 1 aliphatic rings. The van der Waals surface area contributed by atoms with Gasteiger partial charge < -0.3 is 15.0 Å². The summed E-state index contributed by atoms with van der Waals surface area (Å²) in [5.74, 6) is 0.534. The van der Waals surface area contributed by atoms with Gasteiger partial charge in [-0.05, 0) is 37.6 Å². The quantitative estimate of drug-likeness (QED) is 0.925. The second kappa shape index (κ2) is 7.02.